The monoisotopic (exact) mass is 428 g/mol. The van der Waals surface area contributed by atoms with Gasteiger partial charge >= 0.3 is 0 Å². The summed E-state index contributed by atoms with van der Waals surface area (Å²) in [5.41, 5.74) is 2.65. The van der Waals surface area contributed by atoms with E-state index in [-0.39, 0.29) is 5.91 Å². The van der Waals surface area contributed by atoms with E-state index in [1.54, 1.807) is 17.6 Å². The second kappa shape index (κ2) is 7.60. The number of hydrogen-bond acceptors (Lipinski definition) is 4. The van der Waals surface area contributed by atoms with Crippen molar-refractivity contribution in [1.82, 2.24) is 0 Å². The Morgan fingerprint density at radius 1 is 1.15 bits per heavy atom. The minimum atomic E-state index is -0.0941. The normalized spacial score (nSPS) is 13.7. The highest BCUT2D eigenvalue weighted by molar-refractivity contribution is 9.10. The molecule has 2 heterocycles. The van der Waals surface area contributed by atoms with Crippen LogP contribution in [0.1, 0.15) is 39.4 Å². The molecule has 1 amide bonds. The highest BCUT2D eigenvalue weighted by Gasteiger charge is 2.25. The van der Waals surface area contributed by atoms with Crippen molar-refractivity contribution < 1.29 is 9.21 Å². The summed E-state index contributed by atoms with van der Waals surface area (Å²) < 4.78 is 6.13. The number of thiophene rings is 1. The molecule has 1 aliphatic carbocycles. The third-order valence-corrected chi connectivity index (χ3v) is 5.94. The van der Waals surface area contributed by atoms with Gasteiger partial charge in [0.05, 0.1) is 11.8 Å². The van der Waals surface area contributed by atoms with Crippen LogP contribution in [0.3, 0.4) is 0 Å². The number of nitrogens with zero attached hydrogens (tertiary/aromatic N) is 1. The van der Waals surface area contributed by atoms with Crippen LogP contribution in [0.25, 0.3) is 0 Å². The molecule has 0 atom stereocenters. The van der Waals surface area contributed by atoms with Crippen LogP contribution >= 0.6 is 27.3 Å². The zero-order valence-corrected chi connectivity index (χ0v) is 16.4. The number of halogens is 1. The maximum Gasteiger partial charge on any atom is 0.259 e. The molecule has 6 heteroatoms. The van der Waals surface area contributed by atoms with E-state index in [0.29, 0.717) is 16.0 Å². The number of amides is 1. The lowest BCUT2D eigenvalue weighted by atomic mass is 9.95. The van der Waals surface area contributed by atoms with Crippen LogP contribution in [0.4, 0.5) is 10.7 Å². The van der Waals surface area contributed by atoms with Crippen molar-refractivity contribution in [3.63, 3.8) is 0 Å². The van der Waals surface area contributed by atoms with Gasteiger partial charge in [0.2, 0.25) is 0 Å². The van der Waals surface area contributed by atoms with Gasteiger partial charge in [-0.25, -0.2) is 4.99 Å². The lowest BCUT2D eigenvalue weighted by Gasteiger charge is -2.12. The molecule has 1 aromatic carbocycles. The third kappa shape index (κ3) is 3.66. The van der Waals surface area contributed by atoms with Crippen LogP contribution < -0.4 is 5.32 Å². The van der Waals surface area contributed by atoms with Gasteiger partial charge in [0, 0.05) is 10.6 Å². The summed E-state index contributed by atoms with van der Waals surface area (Å²) in [4.78, 5) is 18.8. The number of carbonyl (C=O) groups is 1. The van der Waals surface area contributed by atoms with E-state index in [2.05, 4.69) is 26.2 Å². The molecule has 132 valence electrons. The SMILES string of the molecule is O=C(Nc1ccccc1)c1c(N=Cc2ccc(Br)o2)sc2c1CCCC2. The lowest BCUT2D eigenvalue weighted by Crippen LogP contribution is -2.14. The predicted molar refractivity (Wildman–Crippen MR) is 109 cm³/mol. The molecular formula is C20H17BrN2O2S. The average Bonchev–Trinajstić information content (AvgIpc) is 3.23. The minimum Gasteiger partial charge on any atom is -0.448 e. The molecule has 1 aliphatic rings. The number of furan rings is 1. The molecule has 0 aliphatic heterocycles. The number of rotatable bonds is 4. The first kappa shape index (κ1) is 17.2. The fraction of sp³-hybridized carbons (Fsp3) is 0.200. The van der Waals surface area contributed by atoms with E-state index >= 15 is 0 Å². The van der Waals surface area contributed by atoms with E-state index < -0.39 is 0 Å². The van der Waals surface area contributed by atoms with Crippen molar-refractivity contribution in [1.29, 1.82) is 0 Å². The van der Waals surface area contributed by atoms with Gasteiger partial charge in [-0.1, -0.05) is 18.2 Å². The first-order chi connectivity index (χ1) is 12.7. The number of benzene rings is 1. The number of nitrogens with one attached hydrogen (secondary N) is 1. The molecule has 1 N–H and O–H groups in total. The first-order valence-corrected chi connectivity index (χ1v) is 10.1. The summed E-state index contributed by atoms with van der Waals surface area (Å²) in [5.74, 6) is 0.557. The molecule has 4 nitrogen and oxygen atoms in total. The molecule has 2 aromatic heterocycles. The Morgan fingerprint density at radius 2 is 1.96 bits per heavy atom. The summed E-state index contributed by atoms with van der Waals surface area (Å²) >= 11 is 4.90. The molecule has 0 radical (unpaired) electrons. The van der Waals surface area contributed by atoms with Gasteiger partial charge in [-0.15, -0.1) is 11.3 Å². The zero-order chi connectivity index (χ0) is 17.9. The summed E-state index contributed by atoms with van der Waals surface area (Å²) in [6.07, 6.45) is 5.91. The maximum absolute atomic E-state index is 13.0. The van der Waals surface area contributed by atoms with Crippen molar-refractivity contribution in [2.75, 3.05) is 5.32 Å². The number of anilines is 1. The number of fused-ring (bicyclic) bond motifs is 1. The molecule has 3 aromatic rings. The van der Waals surface area contributed by atoms with Crippen LogP contribution in [0.15, 0.2) is 56.5 Å². The van der Waals surface area contributed by atoms with Crippen molar-refractivity contribution in [3.8, 4) is 0 Å². The lowest BCUT2D eigenvalue weighted by molar-refractivity contribution is 0.102. The topological polar surface area (TPSA) is 54.6 Å². The Bertz CT molecular complexity index is 960. The first-order valence-electron chi connectivity index (χ1n) is 8.51. The van der Waals surface area contributed by atoms with Gasteiger partial charge < -0.3 is 9.73 Å². The average molecular weight is 429 g/mol. The molecular weight excluding hydrogens is 412 g/mol. The molecule has 0 saturated carbocycles. The van der Waals surface area contributed by atoms with Crippen molar-refractivity contribution >= 4 is 50.1 Å². The molecule has 0 unspecified atom stereocenters. The van der Waals surface area contributed by atoms with Crippen molar-refractivity contribution in [3.05, 3.63) is 68.9 Å². The second-order valence-corrected chi connectivity index (χ2v) is 7.98. The standard InChI is InChI=1S/C20H17BrN2O2S/c21-17-11-10-14(25-17)12-22-20-18(15-8-4-5-9-16(15)26-20)19(24)23-13-6-2-1-3-7-13/h1-3,6-7,10-12H,4-5,8-9H2,(H,23,24). The highest BCUT2D eigenvalue weighted by Crippen LogP contribution is 2.40. The van der Waals surface area contributed by atoms with E-state index in [1.807, 2.05) is 42.5 Å². The predicted octanol–water partition coefficient (Wildman–Crippen LogP) is 5.99. The second-order valence-electron chi connectivity index (χ2n) is 6.11. The van der Waals surface area contributed by atoms with Gasteiger partial charge in [-0.05, 0) is 71.4 Å². The molecule has 0 spiro atoms. The van der Waals surface area contributed by atoms with E-state index in [0.717, 1.165) is 35.5 Å². The van der Waals surface area contributed by atoms with Crippen molar-refractivity contribution in [2.24, 2.45) is 4.99 Å². The largest absolute Gasteiger partial charge is 0.448 e. The smallest absolute Gasteiger partial charge is 0.259 e. The van der Waals surface area contributed by atoms with Crippen LogP contribution in [-0.2, 0) is 12.8 Å². The Balaban J connectivity index is 1.68. The summed E-state index contributed by atoms with van der Waals surface area (Å²) in [7, 11) is 0. The highest BCUT2D eigenvalue weighted by atomic mass is 79.9. The summed E-state index contributed by atoms with van der Waals surface area (Å²) in [6, 6.07) is 13.2. The van der Waals surface area contributed by atoms with E-state index in [9.17, 15) is 4.79 Å². The van der Waals surface area contributed by atoms with Crippen LogP contribution in [-0.4, -0.2) is 12.1 Å². The van der Waals surface area contributed by atoms with Gasteiger partial charge in [0.1, 0.15) is 10.8 Å². The fourth-order valence-corrected chi connectivity index (χ4v) is 4.66. The Hall–Kier alpha value is -2.18. The number of aliphatic imine (C=N–C) groups is 1. The summed E-state index contributed by atoms with van der Waals surface area (Å²) in [5, 5.41) is 3.75. The van der Waals surface area contributed by atoms with Crippen molar-refractivity contribution in [2.45, 2.75) is 25.7 Å². The van der Waals surface area contributed by atoms with Gasteiger partial charge in [0.25, 0.3) is 5.91 Å². The van der Waals surface area contributed by atoms with Crippen LogP contribution in [0.5, 0.6) is 0 Å². The minimum absolute atomic E-state index is 0.0941. The fourth-order valence-electron chi connectivity index (χ4n) is 3.11. The number of carbonyl (C=O) groups excluding carboxylic acids is 1. The van der Waals surface area contributed by atoms with Gasteiger partial charge in [0.15, 0.2) is 4.67 Å². The Morgan fingerprint density at radius 3 is 2.73 bits per heavy atom. The number of aryl methyl sites for hydroxylation is 1. The number of para-hydroxylation sites is 1. The van der Waals surface area contributed by atoms with Crippen LogP contribution in [0.2, 0.25) is 0 Å². The maximum atomic E-state index is 13.0. The van der Waals surface area contributed by atoms with Crippen LogP contribution in [0, 0.1) is 0 Å². The van der Waals surface area contributed by atoms with Gasteiger partial charge in [-0.3, -0.25) is 4.79 Å². The quantitative estimate of drug-likeness (QED) is 0.519. The molecule has 0 bridgehead atoms. The van der Waals surface area contributed by atoms with Gasteiger partial charge in [-0.2, -0.15) is 0 Å². The molecule has 4 rings (SSSR count). The Kier molecular flexibility index (Phi) is 5.04. The van der Waals surface area contributed by atoms with E-state index in [1.165, 1.54) is 11.3 Å². The van der Waals surface area contributed by atoms with E-state index in [4.69, 9.17) is 4.42 Å². The molecule has 0 saturated heterocycles. The molecule has 0 fully saturated rings. The number of hydrogen-bond donors (Lipinski definition) is 1. The molecule has 26 heavy (non-hydrogen) atoms. The zero-order valence-electron chi connectivity index (χ0n) is 14.0. The Labute approximate surface area is 164 Å². The third-order valence-electron chi connectivity index (χ3n) is 4.31. The summed E-state index contributed by atoms with van der Waals surface area (Å²) in [6.45, 7) is 0.